The Morgan fingerprint density at radius 2 is 2.15 bits per heavy atom. The van der Waals surface area contributed by atoms with E-state index in [1.165, 1.54) is 41.6 Å². The summed E-state index contributed by atoms with van der Waals surface area (Å²) in [4.78, 5) is 11.6. The number of fused-ring (bicyclic) bond motifs is 4. The van der Waals surface area contributed by atoms with Crippen molar-refractivity contribution in [1.29, 1.82) is 0 Å². The first-order valence-electron chi connectivity index (χ1n) is 9.93. The van der Waals surface area contributed by atoms with Crippen LogP contribution in [0.5, 0.6) is 0 Å². The molecule has 3 aromatic rings. The van der Waals surface area contributed by atoms with E-state index >= 15 is 0 Å². The van der Waals surface area contributed by atoms with Gasteiger partial charge in [-0.05, 0) is 61.6 Å². The van der Waals surface area contributed by atoms with Gasteiger partial charge in [-0.2, -0.15) is 0 Å². The highest BCUT2D eigenvalue weighted by molar-refractivity contribution is 5.83. The number of hydrogen-bond acceptors (Lipinski definition) is 3. The number of nitrogens with zero attached hydrogens (tertiary/aromatic N) is 4. The number of rotatable bonds is 4. The summed E-state index contributed by atoms with van der Waals surface area (Å²) in [6.07, 6.45) is 8.43. The van der Waals surface area contributed by atoms with Gasteiger partial charge in [0.15, 0.2) is 0 Å². The quantitative estimate of drug-likeness (QED) is 0.702. The maximum absolute atomic E-state index is 12.7. The van der Waals surface area contributed by atoms with Crippen molar-refractivity contribution in [3.63, 3.8) is 0 Å². The highest BCUT2D eigenvalue weighted by Gasteiger charge is 2.33. The molecule has 1 atom stereocenters. The second kappa shape index (κ2) is 6.71. The molecule has 27 heavy (non-hydrogen) atoms. The molecule has 0 aromatic carbocycles. The lowest BCUT2D eigenvalue weighted by molar-refractivity contribution is 0.224. The molecule has 5 heterocycles. The zero-order valence-corrected chi connectivity index (χ0v) is 15.8. The molecule has 0 spiro atoms. The van der Waals surface area contributed by atoms with Gasteiger partial charge in [0.2, 0.25) is 0 Å². The third-order valence-corrected chi connectivity index (χ3v) is 6.19. The van der Waals surface area contributed by atoms with E-state index in [0.29, 0.717) is 11.7 Å². The van der Waals surface area contributed by atoms with E-state index in [2.05, 4.69) is 27.4 Å². The number of pyridine rings is 2. The average molecular weight is 364 g/mol. The monoisotopic (exact) mass is 364 g/mol. The first kappa shape index (κ1) is 16.9. The van der Waals surface area contributed by atoms with Crippen molar-refractivity contribution in [3.8, 4) is 0 Å². The lowest BCUT2D eigenvalue weighted by Gasteiger charge is -2.30. The highest BCUT2D eigenvalue weighted by atomic mass is 19.1. The molecule has 5 rings (SSSR count). The molecule has 0 aliphatic carbocycles. The summed E-state index contributed by atoms with van der Waals surface area (Å²) in [6, 6.07) is 6.77. The molecule has 2 aliphatic heterocycles. The minimum atomic E-state index is -0.503. The summed E-state index contributed by atoms with van der Waals surface area (Å²) in [5.74, 6) is 0. The van der Waals surface area contributed by atoms with E-state index < -0.39 is 6.67 Å². The van der Waals surface area contributed by atoms with Gasteiger partial charge < -0.3 is 4.57 Å². The van der Waals surface area contributed by atoms with Gasteiger partial charge in [0.1, 0.15) is 12.3 Å². The Labute approximate surface area is 159 Å². The Morgan fingerprint density at radius 1 is 1.22 bits per heavy atom. The Bertz CT molecular complexity index is 976. The van der Waals surface area contributed by atoms with Crippen LogP contribution in [0.25, 0.3) is 11.0 Å². The minimum absolute atomic E-state index is 0.501. The van der Waals surface area contributed by atoms with Crippen molar-refractivity contribution >= 4 is 11.0 Å². The van der Waals surface area contributed by atoms with Gasteiger partial charge in [-0.3, -0.25) is 9.88 Å². The van der Waals surface area contributed by atoms with Crippen molar-refractivity contribution in [3.05, 3.63) is 58.7 Å². The van der Waals surface area contributed by atoms with Crippen LogP contribution in [0.3, 0.4) is 0 Å². The second-order valence-electron chi connectivity index (χ2n) is 7.97. The van der Waals surface area contributed by atoms with Crippen molar-refractivity contribution < 1.29 is 4.39 Å². The molecule has 0 bridgehead atoms. The summed E-state index contributed by atoms with van der Waals surface area (Å²) < 4.78 is 15.1. The molecular formula is C22H25FN4. The number of aromatic nitrogens is 3. The molecule has 3 aromatic heterocycles. The molecule has 5 heteroatoms. The lowest BCUT2D eigenvalue weighted by atomic mass is 9.99. The molecule has 0 saturated carbocycles. The van der Waals surface area contributed by atoms with Crippen molar-refractivity contribution in [1.82, 2.24) is 19.4 Å². The second-order valence-corrected chi connectivity index (χ2v) is 7.97. The third-order valence-electron chi connectivity index (χ3n) is 6.19. The van der Waals surface area contributed by atoms with Gasteiger partial charge in [0, 0.05) is 49.0 Å². The normalized spacial score (nSPS) is 19.4. The van der Waals surface area contributed by atoms with Crippen LogP contribution in [0, 0.1) is 6.92 Å². The molecule has 140 valence electrons. The standard InChI is InChI=1S/C22H25FN4/c1-15-9-19-20-14-26-7-2-3-18(26)10-21(20)27(22(19)25-12-15)8-6-16-4-5-17(11-23)24-13-16/h4-5,9,12-13,18H,2-3,6-8,10-11,14H2,1H3. The van der Waals surface area contributed by atoms with E-state index in [-0.39, 0.29) is 0 Å². The molecule has 1 fully saturated rings. The summed E-state index contributed by atoms with van der Waals surface area (Å²) in [7, 11) is 0. The van der Waals surface area contributed by atoms with Gasteiger partial charge >= 0.3 is 0 Å². The average Bonchev–Trinajstić information content (AvgIpc) is 3.27. The first-order chi connectivity index (χ1) is 13.2. The minimum Gasteiger partial charge on any atom is -0.329 e. The summed E-state index contributed by atoms with van der Waals surface area (Å²) >= 11 is 0. The molecule has 0 radical (unpaired) electrons. The summed E-state index contributed by atoms with van der Waals surface area (Å²) in [5.41, 5.74) is 6.93. The molecule has 4 nitrogen and oxygen atoms in total. The fraction of sp³-hybridized carbons (Fsp3) is 0.455. The van der Waals surface area contributed by atoms with E-state index in [1.54, 1.807) is 6.07 Å². The molecule has 0 amide bonds. The number of alkyl halides is 1. The number of hydrogen-bond donors (Lipinski definition) is 0. The van der Waals surface area contributed by atoms with Crippen LogP contribution >= 0.6 is 0 Å². The number of aryl methyl sites for hydroxylation is 3. The van der Waals surface area contributed by atoms with Gasteiger partial charge in [-0.15, -0.1) is 0 Å². The Balaban J connectivity index is 1.51. The fourth-order valence-electron chi connectivity index (χ4n) is 4.78. The van der Waals surface area contributed by atoms with Gasteiger partial charge in [-0.1, -0.05) is 6.07 Å². The number of halogens is 1. The van der Waals surface area contributed by atoms with Crippen molar-refractivity contribution in [2.45, 2.75) is 58.4 Å². The van der Waals surface area contributed by atoms with Crippen LogP contribution in [-0.4, -0.2) is 32.0 Å². The Kier molecular flexibility index (Phi) is 4.20. The van der Waals surface area contributed by atoms with Crippen molar-refractivity contribution in [2.75, 3.05) is 6.54 Å². The topological polar surface area (TPSA) is 34.0 Å². The van der Waals surface area contributed by atoms with Gasteiger partial charge in [0.05, 0.1) is 5.69 Å². The molecule has 0 N–H and O–H groups in total. The maximum atomic E-state index is 12.7. The maximum Gasteiger partial charge on any atom is 0.140 e. The zero-order valence-electron chi connectivity index (χ0n) is 15.8. The largest absolute Gasteiger partial charge is 0.329 e. The molecular weight excluding hydrogens is 339 g/mol. The van der Waals surface area contributed by atoms with Crippen LogP contribution in [0.2, 0.25) is 0 Å². The van der Waals surface area contributed by atoms with Gasteiger partial charge in [0.25, 0.3) is 0 Å². The van der Waals surface area contributed by atoms with E-state index in [1.807, 2.05) is 18.5 Å². The summed E-state index contributed by atoms with van der Waals surface area (Å²) in [6.45, 7) is 4.79. The van der Waals surface area contributed by atoms with Crippen LogP contribution in [-0.2, 0) is 32.6 Å². The molecule has 1 saturated heterocycles. The van der Waals surface area contributed by atoms with Crippen LogP contribution in [0.4, 0.5) is 4.39 Å². The van der Waals surface area contributed by atoms with E-state index in [9.17, 15) is 4.39 Å². The highest BCUT2D eigenvalue weighted by Crippen LogP contribution is 2.36. The van der Waals surface area contributed by atoms with Crippen molar-refractivity contribution in [2.24, 2.45) is 0 Å². The summed E-state index contributed by atoms with van der Waals surface area (Å²) in [5, 5.41) is 1.32. The first-order valence-corrected chi connectivity index (χ1v) is 9.93. The smallest absolute Gasteiger partial charge is 0.140 e. The zero-order chi connectivity index (χ0) is 18.4. The predicted molar refractivity (Wildman–Crippen MR) is 104 cm³/mol. The van der Waals surface area contributed by atoms with E-state index in [4.69, 9.17) is 4.98 Å². The van der Waals surface area contributed by atoms with Crippen LogP contribution < -0.4 is 0 Å². The van der Waals surface area contributed by atoms with Crippen LogP contribution in [0.1, 0.15) is 40.9 Å². The Morgan fingerprint density at radius 3 is 2.96 bits per heavy atom. The van der Waals surface area contributed by atoms with E-state index in [0.717, 1.165) is 37.1 Å². The third kappa shape index (κ3) is 2.94. The molecule has 2 aliphatic rings. The predicted octanol–water partition coefficient (Wildman–Crippen LogP) is 3.97. The lowest BCUT2D eigenvalue weighted by Crippen LogP contribution is -2.35. The van der Waals surface area contributed by atoms with Gasteiger partial charge in [-0.25, -0.2) is 9.37 Å². The Hall–Kier alpha value is -2.27. The van der Waals surface area contributed by atoms with Crippen LogP contribution in [0.15, 0.2) is 30.6 Å². The fourth-order valence-corrected chi connectivity index (χ4v) is 4.78. The SMILES string of the molecule is Cc1cnc2c(c1)c1c(n2CCc2ccc(CF)nc2)CC2CCCN2C1. The molecule has 1 unspecified atom stereocenters.